The van der Waals surface area contributed by atoms with Crippen LogP contribution in [0.2, 0.25) is 0 Å². The maximum atomic E-state index is 13.2. The molecule has 1 saturated carbocycles. The molecule has 2 unspecified atom stereocenters. The van der Waals surface area contributed by atoms with E-state index in [1.165, 1.54) is 18.2 Å². The average molecular weight is 400 g/mol. The van der Waals surface area contributed by atoms with Gasteiger partial charge < -0.3 is 4.90 Å². The molecule has 1 aromatic heterocycles. The fourth-order valence-electron chi connectivity index (χ4n) is 4.83. The molecule has 5 nitrogen and oxygen atoms in total. The van der Waals surface area contributed by atoms with Gasteiger partial charge in [0.2, 0.25) is 5.91 Å². The van der Waals surface area contributed by atoms with Crippen molar-refractivity contribution in [3.8, 4) is 0 Å². The average Bonchev–Trinajstić information content (AvgIpc) is 3.20. The number of likely N-dealkylation sites (tertiary alicyclic amines) is 1. The van der Waals surface area contributed by atoms with Gasteiger partial charge in [-0.3, -0.25) is 14.2 Å². The number of hydrogen-bond acceptors (Lipinski definition) is 4. The predicted octanol–water partition coefficient (Wildman–Crippen LogP) is 4.39. The zero-order valence-corrected chi connectivity index (χ0v) is 17.6. The van der Waals surface area contributed by atoms with Gasteiger partial charge in [-0.25, -0.2) is 4.98 Å². The van der Waals surface area contributed by atoms with Crippen molar-refractivity contribution >= 4 is 28.6 Å². The van der Waals surface area contributed by atoms with Gasteiger partial charge in [0.15, 0.2) is 5.16 Å². The summed E-state index contributed by atoms with van der Waals surface area (Å²) < 4.78 is 1.87. The summed E-state index contributed by atoms with van der Waals surface area (Å²) in [6.07, 6.45) is 7.66. The molecule has 6 heteroatoms. The van der Waals surface area contributed by atoms with Crippen molar-refractivity contribution in [1.82, 2.24) is 14.5 Å². The highest BCUT2D eigenvalue weighted by Gasteiger charge is 2.29. The van der Waals surface area contributed by atoms with E-state index >= 15 is 0 Å². The Morgan fingerprint density at radius 1 is 1.07 bits per heavy atom. The first-order valence-electron chi connectivity index (χ1n) is 10.5. The molecule has 0 radical (unpaired) electrons. The van der Waals surface area contributed by atoms with Crippen LogP contribution in [-0.4, -0.2) is 38.2 Å². The van der Waals surface area contributed by atoms with Crippen LogP contribution < -0.4 is 5.56 Å². The third kappa shape index (κ3) is 3.71. The van der Waals surface area contributed by atoms with Gasteiger partial charge in [-0.1, -0.05) is 36.7 Å². The van der Waals surface area contributed by atoms with Gasteiger partial charge in [0.25, 0.3) is 5.56 Å². The minimum absolute atomic E-state index is 0.0344. The monoisotopic (exact) mass is 399 g/mol. The van der Waals surface area contributed by atoms with Crippen molar-refractivity contribution in [2.75, 3.05) is 5.75 Å². The van der Waals surface area contributed by atoms with E-state index in [0.29, 0.717) is 28.4 Å². The van der Waals surface area contributed by atoms with E-state index in [4.69, 9.17) is 4.98 Å². The molecule has 2 fully saturated rings. The van der Waals surface area contributed by atoms with Crippen molar-refractivity contribution in [2.45, 2.75) is 82.1 Å². The lowest BCUT2D eigenvalue weighted by atomic mass is 9.98. The summed E-state index contributed by atoms with van der Waals surface area (Å²) in [5, 5.41) is 1.37. The van der Waals surface area contributed by atoms with Crippen LogP contribution in [-0.2, 0) is 4.79 Å². The highest BCUT2D eigenvalue weighted by Crippen LogP contribution is 2.32. The molecule has 150 valence electrons. The summed E-state index contributed by atoms with van der Waals surface area (Å²) in [6, 6.07) is 8.32. The van der Waals surface area contributed by atoms with Crippen LogP contribution in [0.4, 0.5) is 0 Å². The van der Waals surface area contributed by atoms with Gasteiger partial charge in [-0.15, -0.1) is 0 Å². The quantitative estimate of drug-likeness (QED) is 0.565. The van der Waals surface area contributed by atoms with E-state index < -0.39 is 0 Å². The molecule has 1 aromatic carbocycles. The molecule has 2 atom stereocenters. The number of rotatable bonds is 4. The number of carbonyl (C=O) groups excluding carboxylic acids is 1. The van der Waals surface area contributed by atoms with Crippen molar-refractivity contribution in [2.24, 2.45) is 0 Å². The topological polar surface area (TPSA) is 55.2 Å². The number of nitrogens with zero attached hydrogens (tertiary/aromatic N) is 3. The molecule has 1 aliphatic carbocycles. The smallest absolute Gasteiger partial charge is 0.262 e. The van der Waals surface area contributed by atoms with E-state index in [0.717, 1.165) is 44.0 Å². The number of aromatic nitrogens is 2. The largest absolute Gasteiger partial charge is 0.337 e. The Morgan fingerprint density at radius 2 is 1.75 bits per heavy atom. The summed E-state index contributed by atoms with van der Waals surface area (Å²) >= 11 is 1.43. The second-order valence-electron chi connectivity index (χ2n) is 8.24. The lowest BCUT2D eigenvalue weighted by Gasteiger charge is -2.39. The Labute approximate surface area is 170 Å². The molecule has 2 aliphatic rings. The van der Waals surface area contributed by atoms with Gasteiger partial charge >= 0.3 is 0 Å². The van der Waals surface area contributed by atoms with E-state index in [-0.39, 0.29) is 17.5 Å². The minimum Gasteiger partial charge on any atom is -0.337 e. The lowest BCUT2D eigenvalue weighted by Crippen LogP contribution is -2.48. The predicted molar refractivity (Wildman–Crippen MR) is 114 cm³/mol. The molecule has 1 aliphatic heterocycles. The Balaban J connectivity index is 1.63. The highest BCUT2D eigenvalue weighted by molar-refractivity contribution is 7.99. The molecule has 0 bridgehead atoms. The minimum atomic E-state index is 0.0344. The zero-order valence-electron chi connectivity index (χ0n) is 16.8. The van der Waals surface area contributed by atoms with Crippen LogP contribution in [0.3, 0.4) is 0 Å². The molecule has 4 rings (SSSR count). The van der Waals surface area contributed by atoms with Crippen LogP contribution in [0.1, 0.15) is 64.8 Å². The molecule has 1 amide bonds. The fraction of sp³-hybridized carbons (Fsp3) is 0.591. The van der Waals surface area contributed by atoms with E-state index in [1.54, 1.807) is 0 Å². The first-order valence-corrected chi connectivity index (χ1v) is 11.5. The highest BCUT2D eigenvalue weighted by atomic mass is 32.2. The maximum Gasteiger partial charge on any atom is 0.262 e. The van der Waals surface area contributed by atoms with Crippen LogP contribution in [0, 0.1) is 0 Å². The van der Waals surface area contributed by atoms with Crippen LogP contribution >= 0.6 is 11.8 Å². The van der Waals surface area contributed by atoms with Gasteiger partial charge in [0.1, 0.15) is 0 Å². The molecular formula is C22H29N3O2S. The molecular weight excluding hydrogens is 370 g/mol. The third-order valence-corrected chi connectivity index (χ3v) is 7.21. The van der Waals surface area contributed by atoms with Crippen molar-refractivity contribution < 1.29 is 4.79 Å². The Hall–Kier alpha value is -1.82. The second-order valence-corrected chi connectivity index (χ2v) is 9.19. The van der Waals surface area contributed by atoms with E-state index in [1.807, 2.05) is 33.7 Å². The normalized spacial score (nSPS) is 23.4. The molecule has 2 heterocycles. The number of piperidine rings is 1. The molecule has 0 N–H and O–H groups in total. The van der Waals surface area contributed by atoms with E-state index in [2.05, 4.69) is 13.8 Å². The number of carbonyl (C=O) groups is 1. The van der Waals surface area contributed by atoms with Crippen molar-refractivity contribution in [1.29, 1.82) is 0 Å². The number of amides is 1. The summed E-state index contributed by atoms with van der Waals surface area (Å²) in [4.78, 5) is 33.0. The number of benzene rings is 1. The van der Waals surface area contributed by atoms with Crippen molar-refractivity contribution in [3.63, 3.8) is 0 Å². The molecule has 0 spiro atoms. The number of hydrogen-bond donors (Lipinski definition) is 0. The van der Waals surface area contributed by atoms with Gasteiger partial charge in [-0.2, -0.15) is 0 Å². The third-order valence-electron chi connectivity index (χ3n) is 6.27. The van der Waals surface area contributed by atoms with Gasteiger partial charge in [0, 0.05) is 18.1 Å². The summed E-state index contributed by atoms with van der Waals surface area (Å²) in [5.74, 6) is 0.497. The number of fused-ring (bicyclic) bond motifs is 1. The Bertz CT molecular complexity index is 910. The Morgan fingerprint density at radius 3 is 2.46 bits per heavy atom. The summed E-state index contributed by atoms with van der Waals surface area (Å²) in [7, 11) is 0. The number of para-hydroxylation sites is 1. The lowest BCUT2D eigenvalue weighted by molar-refractivity contribution is -0.134. The SMILES string of the molecule is CC1CCCC(C)N1C(=O)CSc1nc2ccccc2c(=O)n1C1CCCC1. The second kappa shape index (κ2) is 8.27. The summed E-state index contributed by atoms with van der Waals surface area (Å²) in [5.41, 5.74) is 0.753. The Kier molecular flexibility index (Phi) is 5.76. The standard InChI is InChI=1S/C22H29N3O2S/c1-15-8-7-9-16(2)24(15)20(26)14-28-22-23-19-13-6-5-12-18(19)21(27)25(22)17-10-3-4-11-17/h5-6,12-13,15-17H,3-4,7-11,14H2,1-2H3. The fourth-order valence-corrected chi connectivity index (χ4v) is 5.76. The van der Waals surface area contributed by atoms with Gasteiger partial charge in [-0.05, 0) is 58.1 Å². The first kappa shape index (κ1) is 19.5. The van der Waals surface area contributed by atoms with Gasteiger partial charge in [0.05, 0.1) is 16.7 Å². The molecule has 2 aromatic rings. The van der Waals surface area contributed by atoms with E-state index in [9.17, 15) is 9.59 Å². The van der Waals surface area contributed by atoms with Crippen molar-refractivity contribution in [3.05, 3.63) is 34.6 Å². The summed E-state index contributed by atoms with van der Waals surface area (Å²) in [6.45, 7) is 4.28. The zero-order chi connectivity index (χ0) is 19.7. The number of thioether (sulfide) groups is 1. The van der Waals surface area contributed by atoms with Crippen LogP contribution in [0.25, 0.3) is 10.9 Å². The van der Waals surface area contributed by atoms with Crippen LogP contribution in [0.15, 0.2) is 34.2 Å². The van der Waals surface area contributed by atoms with Crippen LogP contribution in [0.5, 0.6) is 0 Å². The maximum absolute atomic E-state index is 13.2. The molecule has 28 heavy (non-hydrogen) atoms. The molecule has 1 saturated heterocycles. The first-order chi connectivity index (χ1) is 13.6.